The Bertz CT molecular complexity index is 790. The molecule has 118 valence electrons. The van der Waals surface area contributed by atoms with Gasteiger partial charge in [-0.1, -0.05) is 37.3 Å². The van der Waals surface area contributed by atoms with Crippen LogP contribution in [-0.4, -0.2) is 18.9 Å². The fourth-order valence-electron chi connectivity index (χ4n) is 3.15. The number of hydrogen-bond acceptors (Lipinski definition) is 2. The van der Waals surface area contributed by atoms with Crippen LogP contribution in [0.2, 0.25) is 0 Å². The number of hydrogen-bond donors (Lipinski definition) is 1. The highest BCUT2D eigenvalue weighted by atomic mass is 19.1. The first-order chi connectivity index (χ1) is 11.0. The highest BCUT2D eigenvalue weighted by Gasteiger charge is 2.54. The fourth-order valence-corrected chi connectivity index (χ4v) is 3.15. The second-order valence-electron chi connectivity index (χ2n) is 5.57. The summed E-state index contributed by atoms with van der Waals surface area (Å²) in [5.41, 5.74) is 0.116. The number of carbonyl (C=O) groups is 2. The van der Waals surface area contributed by atoms with E-state index in [4.69, 9.17) is 0 Å². The lowest BCUT2D eigenvalue weighted by molar-refractivity contribution is -0.132. The molecular formula is C18H17FN2O2. The Kier molecular flexibility index (Phi) is 3.64. The Morgan fingerprint density at radius 1 is 1.17 bits per heavy atom. The second kappa shape index (κ2) is 5.50. The van der Waals surface area contributed by atoms with Crippen molar-refractivity contribution in [2.24, 2.45) is 0 Å². The lowest BCUT2D eigenvalue weighted by Crippen LogP contribution is -2.47. The lowest BCUT2D eigenvalue weighted by Gasteiger charge is -2.25. The van der Waals surface area contributed by atoms with E-state index in [1.54, 1.807) is 44.3 Å². The Morgan fingerprint density at radius 2 is 1.83 bits per heavy atom. The van der Waals surface area contributed by atoms with Crippen molar-refractivity contribution in [2.75, 3.05) is 17.3 Å². The molecule has 0 spiro atoms. The fraction of sp³-hybridized carbons (Fsp3) is 0.222. The summed E-state index contributed by atoms with van der Waals surface area (Å²) in [6.45, 7) is 1.79. The molecule has 2 aromatic carbocycles. The maximum absolute atomic E-state index is 13.8. The first-order valence-electron chi connectivity index (χ1n) is 7.46. The summed E-state index contributed by atoms with van der Waals surface area (Å²) < 4.78 is 13.8. The Hall–Kier alpha value is -2.69. The normalized spacial score (nSPS) is 19.6. The molecule has 1 atom stereocenters. The van der Waals surface area contributed by atoms with Crippen LogP contribution in [0.3, 0.4) is 0 Å². The molecule has 4 nitrogen and oxygen atoms in total. The maximum atomic E-state index is 13.8. The van der Waals surface area contributed by atoms with Crippen LogP contribution in [0.5, 0.6) is 0 Å². The van der Waals surface area contributed by atoms with Gasteiger partial charge < -0.3 is 10.2 Å². The van der Waals surface area contributed by atoms with Gasteiger partial charge in [0.05, 0.1) is 5.69 Å². The first-order valence-corrected chi connectivity index (χ1v) is 7.46. The van der Waals surface area contributed by atoms with E-state index in [0.717, 1.165) is 0 Å². The second-order valence-corrected chi connectivity index (χ2v) is 5.57. The zero-order valence-corrected chi connectivity index (χ0v) is 13.0. The van der Waals surface area contributed by atoms with Gasteiger partial charge in [0, 0.05) is 18.3 Å². The number of halogens is 1. The van der Waals surface area contributed by atoms with Crippen molar-refractivity contribution in [3.63, 3.8) is 0 Å². The minimum absolute atomic E-state index is 0.0742. The molecule has 0 saturated carbocycles. The number of anilines is 2. The van der Waals surface area contributed by atoms with Gasteiger partial charge in [0.15, 0.2) is 5.41 Å². The van der Waals surface area contributed by atoms with Gasteiger partial charge in [-0.2, -0.15) is 0 Å². The van der Waals surface area contributed by atoms with Crippen molar-refractivity contribution in [1.29, 1.82) is 0 Å². The zero-order chi connectivity index (χ0) is 16.6. The number of carbonyl (C=O) groups excluding carboxylic acids is 2. The van der Waals surface area contributed by atoms with Gasteiger partial charge in [0.2, 0.25) is 11.8 Å². The monoisotopic (exact) mass is 312 g/mol. The third-order valence-electron chi connectivity index (χ3n) is 4.43. The number of rotatable bonds is 3. The largest absolute Gasteiger partial charge is 0.322 e. The number of likely N-dealkylation sites (N-methyl/N-ethyl adjacent to an activating group) is 1. The molecule has 0 aromatic heterocycles. The van der Waals surface area contributed by atoms with E-state index < -0.39 is 17.1 Å². The maximum Gasteiger partial charge on any atom is 0.247 e. The van der Waals surface area contributed by atoms with Crippen molar-refractivity contribution in [2.45, 2.75) is 18.8 Å². The summed E-state index contributed by atoms with van der Waals surface area (Å²) in [6, 6.07) is 13.1. The standard InChI is InChI=1S/C18H17FN2O2/c1-3-18(16(22)20-14-10-6-5-9-13(14)19)12-8-4-7-11-15(12)21(2)17(18)23/h4-11H,3H2,1-2H3,(H,20,22). The van der Waals surface area contributed by atoms with Crippen molar-refractivity contribution in [1.82, 2.24) is 0 Å². The molecule has 1 unspecified atom stereocenters. The molecule has 5 heteroatoms. The van der Waals surface area contributed by atoms with E-state index in [1.165, 1.54) is 17.0 Å². The van der Waals surface area contributed by atoms with Gasteiger partial charge in [-0.15, -0.1) is 0 Å². The predicted octanol–water partition coefficient (Wildman–Crippen LogP) is 3.09. The quantitative estimate of drug-likeness (QED) is 0.886. The minimum atomic E-state index is -1.33. The highest BCUT2D eigenvalue weighted by Crippen LogP contribution is 2.44. The third kappa shape index (κ3) is 2.11. The number of benzene rings is 2. The highest BCUT2D eigenvalue weighted by molar-refractivity contribution is 6.24. The molecule has 1 aliphatic rings. The zero-order valence-electron chi connectivity index (χ0n) is 13.0. The molecule has 0 aliphatic carbocycles. The molecule has 2 amide bonds. The minimum Gasteiger partial charge on any atom is -0.322 e. The Morgan fingerprint density at radius 3 is 2.52 bits per heavy atom. The molecule has 2 aromatic rings. The van der Waals surface area contributed by atoms with Gasteiger partial charge >= 0.3 is 0 Å². The van der Waals surface area contributed by atoms with Gasteiger partial charge in [-0.3, -0.25) is 9.59 Å². The Labute approximate surface area is 133 Å². The van der Waals surface area contributed by atoms with Crippen LogP contribution in [0, 0.1) is 5.82 Å². The topological polar surface area (TPSA) is 49.4 Å². The molecule has 1 aliphatic heterocycles. The SMILES string of the molecule is CCC1(C(=O)Nc2ccccc2F)C(=O)N(C)c2ccccc21. The number of fused-ring (bicyclic) bond motifs is 1. The van der Waals surface area contributed by atoms with Gasteiger partial charge in [0.25, 0.3) is 0 Å². The summed E-state index contributed by atoms with van der Waals surface area (Å²) >= 11 is 0. The molecule has 0 radical (unpaired) electrons. The predicted molar refractivity (Wildman–Crippen MR) is 86.9 cm³/mol. The number of nitrogens with zero attached hydrogens (tertiary/aromatic N) is 1. The lowest BCUT2D eigenvalue weighted by atomic mass is 9.78. The van der Waals surface area contributed by atoms with Crippen LogP contribution in [-0.2, 0) is 15.0 Å². The summed E-state index contributed by atoms with van der Waals surface area (Å²) in [5, 5.41) is 2.57. The summed E-state index contributed by atoms with van der Waals surface area (Å²) in [5.74, 6) is -1.33. The first kappa shape index (κ1) is 15.2. The molecular weight excluding hydrogens is 295 g/mol. The van der Waals surface area contributed by atoms with Gasteiger partial charge in [-0.05, 0) is 24.6 Å². The van der Waals surface area contributed by atoms with E-state index in [2.05, 4.69) is 5.32 Å². The third-order valence-corrected chi connectivity index (χ3v) is 4.43. The summed E-state index contributed by atoms with van der Waals surface area (Å²) in [6.07, 6.45) is 0.299. The smallest absolute Gasteiger partial charge is 0.247 e. The van der Waals surface area contributed by atoms with Gasteiger partial charge in [-0.25, -0.2) is 4.39 Å². The van der Waals surface area contributed by atoms with Crippen LogP contribution in [0.4, 0.5) is 15.8 Å². The van der Waals surface area contributed by atoms with E-state index in [0.29, 0.717) is 17.7 Å². The average Bonchev–Trinajstić information content (AvgIpc) is 2.79. The molecule has 0 fully saturated rings. The molecule has 0 bridgehead atoms. The van der Waals surface area contributed by atoms with E-state index in [9.17, 15) is 14.0 Å². The number of amides is 2. The Balaban J connectivity index is 2.06. The molecule has 1 heterocycles. The molecule has 1 N–H and O–H groups in total. The van der Waals surface area contributed by atoms with E-state index in [-0.39, 0.29) is 11.6 Å². The van der Waals surface area contributed by atoms with Crippen molar-refractivity contribution in [3.05, 3.63) is 59.9 Å². The molecule has 0 saturated heterocycles. The van der Waals surface area contributed by atoms with Crippen molar-refractivity contribution in [3.8, 4) is 0 Å². The van der Waals surface area contributed by atoms with Crippen LogP contribution in [0.15, 0.2) is 48.5 Å². The van der Waals surface area contributed by atoms with Crippen molar-refractivity contribution < 1.29 is 14.0 Å². The summed E-state index contributed by atoms with van der Waals surface area (Å²) in [4.78, 5) is 27.2. The van der Waals surface area contributed by atoms with Crippen LogP contribution >= 0.6 is 0 Å². The molecule has 3 rings (SSSR count). The van der Waals surface area contributed by atoms with Crippen LogP contribution in [0.25, 0.3) is 0 Å². The van der Waals surface area contributed by atoms with E-state index >= 15 is 0 Å². The van der Waals surface area contributed by atoms with E-state index in [1.807, 2.05) is 6.07 Å². The van der Waals surface area contributed by atoms with Crippen LogP contribution < -0.4 is 10.2 Å². The number of nitrogens with one attached hydrogen (secondary N) is 1. The summed E-state index contributed by atoms with van der Waals surface area (Å²) in [7, 11) is 1.65. The number of para-hydroxylation sites is 2. The van der Waals surface area contributed by atoms with Crippen molar-refractivity contribution >= 4 is 23.2 Å². The van der Waals surface area contributed by atoms with Crippen LogP contribution in [0.1, 0.15) is 18.9 Å². The molecule has 23 heavy (non-hydrogen) atoms. The van der Waals surface area contributed by atoms with Gasteiger partial charge in [0.1, 0.15) is 5.82 Å². The average molecular weight is 312 g/mol.